The van der Waals surface area contributed by atoms with Crippen LogP contribution in [0, 0.1) is 5.41 Å². The molecule has 0 aromatic rings. The highest BCUT2D eigenvalue weighted by atomic mass is 16.6. The van der Waals surface area contributed by atoms with Crippen molar-refractivity contribution < 1.29 is 14.6 Å². The second kappa shape index (κ2) is 4.18. The smallest absolute Gasteiger partial charge is 0.318 e. The molecule has 1 aliphatic rings. The second-order valence-electron chi connectivity index (χ2n) is 5.62. The van der Waals surface area contributed by atoms with Crippen LogP contribution in [0.25, 0.3) is 0 Å². The zero-order chi connectivity index (χ0) is 13.4. The molecule has 0 amide bonds. The van der Waals surface area contributed by atoms with Crippen LogP contribution in [-0.2, 0) is 9.53 Å². The van der Waals surface area contributed by atoms with Crippen LogP contribution >= 0.6 is 0 Å². The van der Waals surface area contributed by atoms with Crippen LogP contribution < -0.4 is 5.73 Å². The van der Waals surface area contributed by atoms with Crippen LogP contribution in [0.2, 0.25) is 0 Å². The van der Waals surface area contributed by atoms with Gasteiger partial charge in [-0.1, -0.05) is 11.6 Å². The number of hydrogen-bond acceptors (Lipinski definition) is 4. The van der Waals surface area contributed by atoms with Gasteiger partial charge >= 0.3 is 5.97 Å². The van der Waals surface area contributed by atoms with Gasteiger partial charge in [0.15, 0.2) is 0 Å². The lowest BCUT2D eigenvalue weighted by atomic mass is 9.73. The molecule has 0 saturated heterocycles. The molecular formula is C13H21NO3. The number of rotatable bonds is 1. The third-order valence-electron chi connectivity index (χ3n) is 3.09. The van der Waals surface area contributed by atoms with Gasteiger partial charge in [-0.05, 0) is 40.7 Å². The number of aliphatic hydroxyl groups excluding tert-OH is 1. The van der Waals surface area contributed by atoms with Gasteiger partial charge in [0.1, 0.15) is 16.8 Å². The van der Waals surface area contributed by atoms with Crippen LogP contribution in [0.1, 0.15) is 34.6 Å². The molecule has 4 heteroatoms. The van der Waals surface area contributed by atoms with E-state index in [0.717, 1.165) is 5.57 Å². The molecule has 96 valence electrons. The third-order valence-corrected chi connectivity index (χ3v) is 3.09. The van der Waals surface area contributed by atoms with E-state index in [4.69, 9.17) is 10.5 Å². The minimum Gasteiger partial charge on any atom is -0.511 e. The molecule has 0 aromatic carbocycles. The van der Waals surface area contributed by atoms with Crippen LogP contribution in [-0.4, -0.2) is 22.7 Å². The lowest BCUT2D eigenvalue weighted by Gasteiger charge is -2.37. The van der Waals surface area contributed by atoms with Crippen molar-refractivity contribution in [2.24, 2.45) is 11.1 Å². The fourth-order valence-corrected chi connectivity index (χ4v) is 1.70. The zero-order valence-electron chi connectivity index (χ0n) is 11.1. The van der Waals surface area contributed by atoms with E-state index in [2.05, 4.69) is 0 Å². The summed E-state index contributed by atoms with van der Waals surface area (Å²) in [5.41, 5.74) is 5.12. The number of nitrogens with two attached hydrogens (primary N) is 1. The van der Waals surface area contributed by atoms with Crippen molar-refractivity contribution in [2.45, 2.75) is 46.3 Å². The summed E-state index contributed by atoms with van der Waals surface area (Å²) in [5.74, 6) is -0.408. The number of aliphatic hydroxyl groups is 1. The quantitative estimate of drug-likeness (QED) is 0.687. The number of esters is 1. The van der Waals surface area contributed by atoms with Gasteiger partial charge in [-0.15, -0.1) is 0 Å². The molecule has 17 heavy (non-hydrogen) atoms. The first-order valence-electron chi connectivity index (χ1n) is 5.66. The topological polar surface area (TPSA) is 72.5 Å². The Bertz CT molecular complexity index is 390. The SMILES string of the molecule is CC1=CC=C(O)C(N)C1(C)C(=O)OC(C)(C)C. The molecule has 2 unspecified atom stereocenters. The first kappa shape index (κ1) is 13.8. The molecule has 2 atom stereocenters. The Morgan fingerprint density at radius 1 is 1.47 bits per heavy atom. The molecule has 0 aliphatic heterocycles. The van der Waals surface area contributed by atoms with E-state index in [1.165, 1.54) is 6.08 Å². The highest BCUT2D eigenvalue weighted by Gasteiger charge is 2.47. The molecule has 0 spiro atoms. The predicted octanol–water partition coefficient (Wildman–Crippen LogP) is 2.06. The van der Waals surface area contributed by atoms with Crippen LogP contribution in [0.4, 0.5) is 0 Å². The van der Waals surface area contributed by atoms with Gasteiger partial charge in [0.2, 0.25) is 0 Å². The van der Waals surface area contributed by atoms with Crippen molar-refractivity contribution in [3.05, 3.63) is 23.5 Å². The summed E-state index contributed by atoms with van der Waals surface area (Å²) >= 11 is 0. The van der Waals surface area contributed by atoms with Gasteiger partial charge in [-0.2, -0.15) is 0 Å². The van der Waals surface area contributed by atoms with E-state index in [9.17, 15) is 9.90 Å². The maximum atomic E-state index is 12.2. The summed E-state index contributed by atoms with van der Waals surface area (Å²) in [4.78, 5) is 12.2. The molecular weight excluding hydrogens is 218 g/mol. The first-order valence-corrected chi connectivity index (χ1v) is 5.66. The fourth-order valence-electron chi connectivity index (χ4n) is 1.70. The highest BCUT2D eigenvalue weighted by molar-refractivity contribution is 5.82. The normalized spacial score (nSPS) is 29.4. The number of carbonyl (C=O) groups excluding carboxylic acids is 1. The number of hydrogen-bond donors (Lipinski definition) is 2. The highest BCUT2D eigenvalue weighted by Crippen LogP contribution is 2.37. The molecule has 0 saturated carbocycles. The minimum absolute atomic E-state index is 0.00367. The van der Waals surface area contributed by atoms with E-state index in [1.54, 1.807) is 33.8 Å². The van der Waals surface area contributed by atoms with Crippen molar-refractivity contribution >= 4 is 5.97 Å². The third kappa shape index (κ3) is 2.52. The largest absolute Gasteiger partial charge is 0.511 e. The maximum absolute atomic E-state index is 12.2. The van der Waals surface area contributed by atoms with E-state index in [-0.39, 0.29) is 5.76 Å². The minimum atomic E-state index is -1.01. The molecule has 3 N–H and O–H groups in total. The fraction of sp³-hybridized carbons (Fsp3) is 0.615. The van der Waals surface area contributed by atoms with Crippen molar-refractivity contribution in [2.75, 3.05) is 0 Å². The Hall–Kier alpha value is -1.29. The molecule has 0 fully saturated rings. The molecule has 4 nitrogen and oxygen atoms in total. The van der Waals surface area contributed by atoms with E-state index in [1.807, 2.05) is 6.92 Å². The Morgan fingerprint density at radius 2 is 2.00 bits per heavy atom. The van der Waals surface area contributed by atoms with Crippen molar-refractivity contribution in [3.63, 3.8) is 0 Å². The summed E-state index contributed by atoms with van der Waals surface area (Å²) in [7, 11) is 0. The summed E-state index contributed by atoms with van der Waals surface area (Å²) in [6, 6.07) is -0.762. The van der Waals surface area contributed by atoms with Crippen LogP contribution in [0.3, 0.4) is 0 Å². The summed E-state index contributed by atoms with van der Waals surface area (Å²) < 4.78 is 5.37. The average Bonchev–Trinajstić information content (AvgIpc) is 2.18. The number of allylic oxidation sites excluding steroid dienone is 2. The van der Waals surface area contributed by atoms with Gasteiger partial charge in [0, 0.05) is 0 Å². The predicted molar refractivity (Wildman–Crippen MR) is 66.4 cm³/mol. The van der Waals surface area contributed by atoms with Crippen LogP contribution in [0.5, 0.6) is 0 Å². The van der Waals surface area contributed by atoms with Gasteiger partial charge in [0.25, 0.3) is 0 Å². The van der Waals surface area contributed by atoms with Gasteiger partial charge in [0.05, 0.1) is 6.04 Å². The first-order chi connectivity index (χ1) is 7.59. The van der Waals surface area contributed by atoms with Gasteiger partial charge in [-0.3, -0.25) is 4.79 Å². The molecule has 0 bridgehead atoms. The van der Waals surface area contributed by atoms with E-state index in [0.29, 0.717) is 0 Å². The van der Waals surface area contributed by atoms with E-state index >= 15 is 0 Å². The lowest BCUT2D eigenvalue weighted by molar-refractivity contribution is -0.165. The molecule has 1 aliphatic carbocycles. The maximum Gasteiger partial charge on any atom is 0.318 e. The Kier molecular flexibility index (Phi) is 3.39. The van der Waals surface area contributed by atoms with Crippen LogP contribution in [0.15, 0.2) is 23.5 Å². The second-order valence-corrected chi connectivity index (χ2v) is 5.62. The van der Waals surface area contributed by atoms with Crippen molar-refractivity contribution in [1.29, 1.82) is 0 Å². The van der Waals surface area contributed by atoms with Crippen molar-refractivity contribution in [1.82, 2.24) is 0 Å². The molecule has 0 heterocycles. The van der Waals surface area contributed by atoms with Gasteiger partial charge < -0.3 is 15.6 Å². The Balaban J connectivity index is 3.06. The number of carbonyl (C=O) groups is 1. The molecule has 0 radical (unpaired) electrons. The standard InChI is InChI=1S/C13H21NO3/c1-8-6-7-9(15)10(14)13(8,5)11(16)17-12(2,3)4/h6-7,10,15H,14H2,1-5H3. The van der Waals surface area contributed by atoms with Crippen molar-refractivity contribution in [3.8, 4) is 0 Å². The molecule has 1 rings (SSSR count). The van der Waals surface area contributed by atoms with Gasteiger partial charge in [-0.25, -0.2) is 0 Å². The monoisotopic (exact) mass is 239 g/mol. The average molecular weight is 239 g/mol. The van der Waals surface area contributed by atoms with E-state index < -0.39 is 23.0 Å². The number of ether oxygens (including phenoxy) is 1. The Morgan fingerprint density at radius 3 is 2.47 bits per heavy atom. The zero-order valence-corrected chi connectivity index (χ0v) is 11.1. The summed E-state index contributed by atoms with van der Waals surface area (Å²) in [5, 5.41) is 9.66. The summed E-state index contributed by atoms with van der Waals surface area (Å²) in [6.45, 7) is 8.92. The lowest BCUT2D eigenvalue weighted by Crippen LogP contribution is -2.51. The Labute approximate surface area is 102 Å². The summed E-state index contributed by atoms with van der Waals surface area (Å²) in [6.07, 6.45) is 3.22. The molecule has 0 aromatic heterocycles.